The van der Waals surface area contributed by atoms with E-state index in [1.807, 2.05) is 42.5 Å². The van der Waals surface area contributed by atoms with Crippen LogP contribution in [0.15, 0.2) is 64.8 Å². The average Bonchev–Trinajstić information content (AvgIpc) is 3.20. The summed E-state index contributed by atoms with van der Waals surface area (Å²) in [6, 6.07) is 17.4. The number of pyridine rings is 1. The fourth-order valence-electron chi connectivity index (χ4n) is 3.24. The number of benzene rings is 2. The fourth-order valence-corrected chi connectivity index (χ4v) is 5.19. The first-order valence-electron chi connectivity index (χ1n) is 8.42. The van der Waals surface area contributed by atoms with E-state index in [1.54, 1.807) is 28.7 Å². The summed E-state index contributed by atoms with van der Waals surface area (Å²) in [7, 11) is 0. The van der Waals surface area contributed by atoms with Crippen molar-refractivity contribution in [1.82, 2.24) is 4.98 Å². The minimum Gasteiger partial charge on any atom is -0.364 e. The van der Waals surface area contributed by atoms with Crippen LogP contribution in [-0.2, 0) is 6.54 Å². The molecule has 0 radical (unpaired) electrons. The summed E-state index contributed by atoms with van der Waals surface area (Å²) < 4.78 is 1.79. The highest BCUT2D eigenvalue weighted by Gasteiger charge is 2.15. The Morgan fingerprint density at radius 2 is 1.93 bits per heavy atom. The van der Waals surface area contributed by atoms with Crippen LogP contribution in [0.1, 0.15) is 4.88 Å². The zero-order valence-corrected chi connectivity index (χ0v) is 16.4. The second-order valence-corrected chi connectivity index (χ2v) is 8.71. The smallest absolute Gasteiger partial charge is 0.196 e. The third-order valence-corrected chi connectivity index (χ3v) is 6.77. The van der Waals surface area contributed by atoms with Crippen LogP contribution in [-0.4, -0.2) is 4.98 Å². The first kappa shape index (κ1) is 16.7. The molecule has 5 rings (SSSR count). The van der Waals surface area contributed by atoms with Crippen LogP contribution in [0.5, 0.6) is 0 Å². The topological polar surface area (TPSA) is 42.0 Å². The molecule has 0 saturated carbocycles. The van der Waals surface area contributed by atoms with Crippen LogP contribution >= 0.6 is 34.3 Å². The third kappa shape index (κ3) is 2.88. The van der Waals surface area contributed by atoms with Crippen LogP contribution in [0, 0.1) is 0 Å². The highest BCUT2D eigenvalue weighted by molar-refractivity contribution is 7.25. The molecule has 0 aliphatic carbocycles. The van der Waals surface area contributed by atoms with E-state index in [0.29, 0.717) is 22.3 Å². The molecule has 3 aromatic heterocycles. The number of hydrogen-bond acceptors (Lipinski definition) is 5. The fraction of sp³-hybridized carbons (Fsp3) is 0.0476. The van der Waals surface area contributed by atoms with E-state index in [2.05, 4.69) is 16.8 Å². The number of halogens is 1. The molecule has 27 heavy (non-hydrogen) atoms. The molecule has 0 spiro atoms. The first-order valence-corrected chi connectivity index (χ1v) is 10.5. The molecule has 0 atom stereocenters. The molecule has 5 aromatic rings. The van der Waals surface area contributed by atoms with Crippen molar-refractivity contribution in [2.75, 3.05) is 5.32 Å². The zero-order valence-electron chi connectivity index (χ0n) is 14.0. The van der Waals surface area contributed by atoms with Gasteiger partial charge >= 0.3 is 0 Å². The van der Waals surface area contributed by atoms with Crippen LogP contribution in [0.25, 0.3) is 31.1 Å². The molecule has 3 heterocycles. The molecule has 0 fully saturated rings. The molecule has 0 aliphatic heterocycles. The Bertz CT molecular complexity index is 1360. The predicted octanol–water partition coefficient (Wildman–Crippen LogP) is 6.29. The number of aromatic nitrogens is 1. The Hall–Kier alpha value is -2.47. The third-order valence-electron chi connectivity index (χ3n) is 4.48. The Balaban J connectivity index is 1.84. The van der Waals surface area contributed by atoms with Crippen molar-refractivity contribution in [3.05, 3.63) is 80.1 Å². The predicted molar refractivity (Wildman–Crippen MR) is 118 cm³/mol. The molecule has 0 bridgehead atoms. The van der Waals surface area contributed by atoms with Gasteiger partial charge in [0.25, 0.3) is 0 Å². The minimum atomic E-state index is -0.000904. The Morgan fingerprint density at radius 1 is 1.04 bits per heavy atom. The van der Waals surface area contributed by atoms with E-state index in [4.69, 9.17) is 16.6 Å². The number of para-hydroxylation sites is 1. The van der Waals surface area contributed by atoms with Gasteiger partial charge in [0.1, 0.15) is 5.82 Å². The number of hydrogen-bond donors (Lipinski definition) is 1. The zero-order chi connectivity index (χ0) is 18.4. The molecule has 0 saturated heterocycles. The Kier molecular flexibility index (Phi) is 4.08. The summed E-state index contributed by atoms with van der Waals surface area (Å²) in [4.78, 5) is 19.4. The van der Waals surface area contributed by atoms with Crippen molar-refractivity contribution in [2.24, 2.45) is 0 Å². The molecule has 0 unspecified atom stereocenters. The molecule has 0 amide bonds. The maximum absolute atomic E-state index is 13.3. The van der Waals surface area contributed by atoms with Gasteiger partial charge in [0.05, 0.1) is 22.1 Å². The normalized spacial score (nSPS) is 11.4. The summed E-state index contributed by atoms with van der Waals surface area (Å²) in [5.74, 6) is 0.746. The molecule has 1 N–H and O–H groups in total. The summed E-state index contributed by atoms with van der Waals surface area (Å²) in [5.41, 5.74) is 0.809. The van der Waals surface area contributed by atoms with Gasteiger partial charge in [-0.3, -0.25) is 4.79 Å². The maximum atomic E-state index is 13.3. The maximum Gasteiger partial charge on any atom is 0.196 e. The van der Waals surface area contributed by atoms with Gasteiger partial charge in [-0.1, -0.05) is 35.9 Å². The lowest BCUT2D eigenvalue weighted by molar-refractivity contribution is 1.17. The number of anilines is 1. The monoisotopic (exact) mass is 408 g/mol. The number of rotatable bonds is 3. The van der Waals surface area contributed by atoms with E-state index in [9.17, 15) is 4.79 Å². The Labute approximate surface area is 167 Å². The molecule has 3 nitrogen and oxygen atoms in total. The second kappa shape index (κ2) is 6.60. The molecule has 6 heteroatoms. The van der Waals surface area contributed by atoms with E-state index in [-0.39, 0.29) is 5.43 Å². The highest BCUT2D eigenvalue weighted by Crippen LogP contribution is 2.34. The van der Waals surface area contributed by atoms with Crippen molar-refractivity contribution < 1.29 is 0 Å². The van der Waals surface area contributed by atoms with Gasteiger partial charge in [-0.05, 0) is 35.7 Å². The number of nitrogens with zero attached hydrogens (tertiary/aromatic N) is 1. The second-order valence-electron chi connectivity index (χ2n) is 6.19. The van der Waals surface area contributed by atoms with E-state index < -0.39 is 0 Å². The summed E-state index contributed by atoms with van der Waals surface area (Å²) >= 11 is 9.41. The van der Waals surface area contributed by atoms with Gasteiger partial charge < -0.3 is 5.32 Å². The van der Waals surface area contributed by atoms with E-state index >= 15 is 0 Å². The van der Waals surface area contributed by atoms with Crippen molar-refractivity contribution in [2.45, 2.75) is 6.54 Å². The summed E-state index contributed by atoms with van der Waals surface area (Å²) in [6.07, 6.45) is 0. The molecule has 0 aliphatic rings. The van der Waals surface area contributed by atoms with Crippen molar-refractivity contribution in [3.8, 4) is 0 Å². The van der Waals surface area contributed by atoms with Gasteiger partial charge in [0.15, 0.2) is 5.43 Å². The van der Waals surface area contributed by atoms with Crippen LogP contribution in [0.3, 0.4) is 0 Å². The first-order chi connectivity index (χ1) is 13.2. The lowest BCUT2D eigenvalue weighted by Crippen LogP contribution is -2.06. The average molecular weight is 409 g/mol. The SMILES string of the molecule is O=c1c2cc(Cl)ccc2sc2c(NCc3cccs3)nc3ccccc3c12. The molecule has 132 valence electrons. The highest BCUT2D eigenvalue weighted by atomic mass is 35.5. The van der Waals surface area contributed by atoms with Gasteiger partial charge in [-0.2, -0.15) is 0 Å². The largest absolute Gasteiger partial charge is 0.364 e. The van der Waals surface area contributed by atoms with Gasteiger partial charge in [-0.15, -0.1) is 22.7 Å². The van der Waals surface area contributed by atoms with Gasteiger partial charge in [0, 0.05) is 25.4 Å². The molecule has 2 aromatic carbocycles. The van der Waals surface area contributed by atoms with Gasteiger partial charge in [0.2, 0.25) is 0 Å². The van der Waals surface area contributed by atoms with E-state index in [0.717, 1.165) is 26.1 Å². The standard InChI is InChI=1S/C21H13ClN2OS2/c22-12-7-8-17-15(10-12)19(25)18-14-5-1-2-6-16(14)24-21(20(18)27-17)23-11-13-4-3-9-26-13/h1-10H,11H2,(H,23,24). The Morgan fingerprint density at radius 3 is 2.78 bits per heavy atom. The summed E-state index contributed by atoms with van der Waals surface area (Å²) in [5, 5.41) is 8.28. The van der Waals surface area contributed by atoms with Gasteiger partial charge in [-0.25, -0.2) is 4.98 Å². The molecular weight excluding hydrogens is 396 g/mol. The van der Waals surface area contributed by atoms with Crippen LogP contribution < -0.4 is 10.7 Å². The lowest BCUT2D eigenvalue weighted by Gasteiger charge is -2.11. The van der Waals surface area contributed by atoms with Crippen molar-refractivity contribution in [1.29, 1.82) is 0 Å². The summed E-state index contributed by atoms with van der Waals surface area (Å²) in [6.45, 7) is 0.678. The van der Waals surface area contributed by atoms with Crippen LogP contribution in [0.2, 0.25) is 5.02 Å². The number of thiophene rings is 1. The number of nitrogens with one attached hydrogen (secondary N) is 1. The molecular formula is C21H13ClN2OS2. The lowest BCUT2D eigenvalue weighted by atomic mass is 10.1. The van der Waals surface area contributed by atoms with E-state index in [1.165, 1.54) is 4.88 Å². The quantitative estimate of drug-likeness (QED) is 0.282. The van der Waals surface area contributed by atoms with Crippen molar-refractivity contribution >= 4 is 71.2 Å². The van der Waals surface area contributed by atoms with Crippen molar-refractivity contribution in [3.63, 3.8) is 0 Å². The minimum absolute atomic E-state index is 0.000904. The van der Waals surface area contributed by atoms with Crippen LogP contribution in [0.4, 0.5) is 5.82 Å². The number of fused-ring (bicyclic) bond motifs is 4.